The van der Waals surface area contributed by atoms with Crippen LogP contribution in [0.15, 0.2) is 85.1 Å². The number of unbranched alkanes of at least 4 members (excludes halogenated alkanes) is 35. The van der Waals surface area contributed by atoms with E-state index in [0.717, 1.165) is 173 Å². The number of esters is 4. The zero-order chi connectivity index (χ0) is 73.2. The summed E-state index contributed by atoms with van der Waals surface area (Å²) in [6.45, 7) is 4.69. The highest BCUT2D eigenvalue weighted by Crippen LogP contribution is 2.45. The quantitative estimate of drug-likeness (QED) is 0.0169. The Balaban J connectivity index is 5.32. The van der Waals surface area contributed by atoms with Crippen molar-refractivity contribution in [2.45, 2.75) is 367 Å². The van der Waals surface area contributed by atoms with E-state index in [4.69, 9.17) is 37.0 Å². The van der Waals surface area contributed by atoms with Crippen LogP contribution in [0.2, 0.25) is 0 Å². The van der Waals surface area contributed by atoms with Gasteiger partial charge in [0, 0.05) is 25.7 Å². The first-order chi connectivity index (χ1) is 48.7. The molecule has 5 atom stereocenters. The minimum atomic E-state index is -4.98. The van der Waals surface area contributed by atoms with E-state index in [1.54, 1.807) is 0 Å². The van der Waals surface area contributed by atoms with Gasteiger partial charge in [-0.25, -0.2) is 9.13 Å². The summed E-state index contributed by atoms with van der Waals surface area (Å²) >= 11 is 0. The second kappa shape index (κ2) is 73.5. The molecule has 19 heteroatoms. The van der Waals surface area contributed by atoms with Gasteiger partial charge >= 0.3 is 39.5 Å². The lowest BCUT2D eigenvalue weighted by molar-refractivity contribution is -0.161. The van der Waals surface area contributed by atoms with Crippen LogP contribution in [0, 0.1) is 0 Å². The van der Waals surface area contributed by atoms with Crippen molar-refractivity contribution in [3.8, 4) is 0 Å². The molecular formula is C81H144O17P2. The van der Waals surface area contributed by atoms with E-state index in [9.17, 15) is 43.2 Å². The summed E-state index contributed by atoms with van der Waals surface area (Å²) in [5, 5.41) is 10.6. The molecule has 3 N–H and O–H groups in total. The number of carbonyl (C=O) groups excluding carboxylic acids is 4. The summed E-state index contributed by atoms with van der Waals surface area (Å²) in [6, 6.07) is 0. The van der Waals surface area contributed by atoms with Crippen molar-refractivity contribution in [3.63, 3.8) is 0 Å². The summed E-state index contributed by atoms with van der Waals surface area (Å²) in [4.78, 5) is 72.9. The number of aliphatic hydroxyl groups is 1. The predicted molar refractivity (Wildman–Crippen MR) is 409 cm³/mol. The van der Waals surface area contributed by atoms with Gasteiger partial charge in [0.2, 0.25) is 0 Å². The van der Waals surface area contributed by atoms with Gasteiger partial charge in [-0.3, -0.25) is 37.3 Å². The molecule has 0 fully saturated rings. The van der Waals surface area contributed by atoms with Gasteiger partial charge in [-0.15, -0.1) is 0 Å². The molecule has 17 nitrogen and oxygen atoms in total. The van der Waals surface area contributed by atoms with E-state index >= 15 is 0 Å². The van der Waals surface area contributed by atoms with E-state index in [-0.39, 0.29) is 25.7 Å². The van der Waals surface area contributed by atoms with Gasteiger partial charge in [0.05, 0.1) is 26.4 Å². The summed E-state index contributed by atoms with van der Waals surface area (Å²) in [6.07, 6.45) is 75.6. The van der Waals surface area contributed by atoms with Crippen molar-refractivity contribution in [1.29, 1.82) is 0 Å². The van der Waals surface area contributed by atoms with Gasteiger partial charge in [0.15, 0.2) is 12.2 Å². The van der Waals surface area contributed by atoms with Gasteiger partial charge < -0.3 is 33.8 Å². The van der Waals surface area contributed by atoms with Crippen molar-refractivity contribution in [1.82, 2.24) is 0 Å². The maximum absolute atomic E-state index is 13.1. The number of ether oxygens (including phenoxy) is 4. The first-order valence-electron chi connectivity index (χ1n) is 39.8. The fraction of sp³-hybridized carbons (Fsp3) is 0.778. The predicted octanol–water partition coefficient (Wildman–Crippen LogP) is 23.0. The maximum Gasteiger partial charge on any atom is 0.472 e. The molecular weight excluding hydrogens is 1310 g/mol. The van der Waals surface area contributed by atoms with Crippen molar-refractivity contribution in [3.05, 3.63) is 85.1 Å². The van der Waals surface area contributed by atoms with Crippen LogP contribution in [-0.2, 0) is 65.4 Å². The molecule has 5 unspecified atom stereocenters. The van der Waals surface area contributed by atoms with E-state index in [1.165, 1.54) is 96.3 Å². The van der Waals surface area contributed by atoms with E-state index in [0.29, 0.717) is 25.7 Å². The number of phosphoric ester groups is 2. The Bertz CT molecular complexity index is 2230. The fourth-order valence-corrected chi connectivity index (χ4v) is 12.4. The SMILES string of the molecule is CC/C=C\C/C=C\C/C=C\C/C=C\CCCCCCCCC(=O)OCC(COP(=O)(O)OCC(O)COP(=O)(O)OCC(COC(=O)CCCCCCCCCCCCCCCCC)OC(=O)CCCCCCC/C=C\CCCCCC)OC(=O)CCCCCCC/C=C\C/C=C\CCC. The van der Waals surface area contributed by atoms with Crippen molar-refractivity contribution in [2.75, 3.05) is 39.6 Å². The first-order valence-corrected chi connectivity index (χ1v) is 42.8. The number of hydrogen-bond acceptors (Lipinski definition) is 15. The molecule has 0 aromatic rings. The molecule has 580 valence electrons. The third kappa shape index (κ3) is 72.6. The van der Waals surface area contributed by atoms with Crippen molar-refractivity contribution < 1.29 is 80.2 Å². The van der Waals surface area contributed by atoms with Crippen LogP contribution in [0.3, 0.4) is 0 Å². The number of carbonyl (C=O) groups is 4. The normalized spacial score (nSPS) is 14.3. The number of allylic oxidation sites excluding steroid dienone is 14. The smallest absolute Gasteiger partial charge is 0.462 e. The highest BCUT2D eigenvalue weighted by Gasteiger charge is 2.30. The summed E-state index contributed by atoms with van der Waals surface area (Å²) < 4.78 is 68.6. The molecule has 0 saturated heterocycles. The molecule has 0 spiro atoms. The number of phosphoric acid groups is 2. The number of rotatable bonds is 75. The molecule has 0 aliphatic rings. The molecule has 0 aliphatic carbocycles. The summed E-state index contributed by atoms with van der Waals surface area (Å²) in [5.41, 5.74) is 0. The molecule has 100 heavy (non-hydrogen) atoms. The van der Waals surface area contributed by atoms with Crippen molar-refractivity contribution in [2.24, 2.45) is 0 Å². The van der Waals surface area contributed by atoms with Crippen LogP contribution in [-0.4, -0.2) is 96.7 Å². The Kier molecular flexibility index (Phi) is 70.8. The Morgan fingerprint density at radius 1 is 0.290 bits per heavy atom. The topological polar surface area (TPSA) is 237 Å². The monoisotopic (exact) mass is 1450 g/mol. The highest BCUT2D eigenvalue weighted by molar-refractivity contribution is 7.47. The van der Waals surface area contributed by atoms with Gasteiger partial charge in [0.25, 0.3) is 0 Å². The molecule has 0 aromatic carbocycles. The van der Waals surface area contributed by atoms with Crippen LogP contribution in [0.4, 0.5) is 0 Å². The van der Waals surface area contributed by atoms with Crippen LogP contribution in [0.25, 0.3) is 0 Å². The zero-order valence-electron chi connectivity index (χ0n) is 63.4. The Morgan fingerprint density at radius 3 is 0.860 bits per heavy atom. The fourth-order valence-electron chi connectivity index (χ4n) is 10.8. The van der Waals surface area contributed by atoms with Crippen LogP contribution >= 0.6 is 15.6 Å². The van der Waals surface area contributed by atoms with Gasteiger partial charge in [0.1, 0.15) is 19.3 Å². The highest BCUT2D eigenvalue weighted by atomic mass is 31.2. The second-order valence-electron chi connectivity index (χ2n) is 26.6. The van der Waals surface area contributed by atoms with Crippen LogP contribution in [0.1, 0.15) is 349 Å². The average Bonchev–Trinajstić information content (AvgIpc) is 0.935. The lowest BCUT2D eigenvalue weighted by Crippen LogP contribution is -2.30. The summed E-state index contributed by atoms with van der Waals surface area (Å²) in [5.74, 6) is -2.19. The van der Waals surface area contributed by atoms with E-state index < -0.39 is 97.5 Å². The Hall–Kier alpha value is -3.76. The van der Waals surface area contributed by atoms with Gasteiger partial charge in [-0.05, 0) is 116 Å². The third-order valence-electron chi connectivity index (χ3n) is 16.8. The first kappa shape index (κ1) is 96.2. The summed E-state index contributed by atoms with van der Waals surface area (Å²) in [7, 11) is -9.95. The van der Waals surface area contributed by atoms with E-state index in [1.807, 2.05) is 0 Å². The van der Waals surface area contributed by atoms with Crippen LogP contribution < -0.4 is 0 Å². The number of hydrogen-bond donors (Lipinski definition) is 3. The molecule has 0 heterocycles. The zero-order valence-corrected chi connectivity index (χ0v) is 65.2. The molecule has 0 aromatic heterocycles. The molecule has 0 radical (unpaired) electrons. The third-order valence-corrected chi connectivity index (χ3v) is 18.7. The molecule has 0 aliphatic heterocycles. The van der Waals surface area contributed by atoms with E-state index in [2.05, 4.69) is 113 Å². The molecule has 0 bridgehead atoms. The van der Waals surface area contributed by atoms with Gasteiger partial charge in [-0.2, -0.15) is 0 Å². The minimum absolute atomic E-state index is 0.0762. The Morgan fingerprint density at radius 2 is 0.540 bits per heavy atom. The second-order valence-corrected chi connectivity index (χ2v) is 29.5. The lowest BCUT2D eigenvalue weighted by atomic mass is 10.0. The standard InChI is InChI=1S/C81H144O17P2/c1-5-9-13-17-21-25-29-33-35-36-37-38-40-44-46-50-54-58-62-66-79(84)92-72-77(98-81(86)68-64-60-56-52-48-42-32-28-24-20-16-12-8-4)74-96-100(89,90)94-70-75(82)69-93-99(87,88)95-73-76(97-80(85)67-63-59-55-51-47-41-31-27-23-19-15-11-7-3)71-91-78(83)65-61-57-53-49-45-43-39-34-30-26-22-18-14-10-6-2/h9,13,16,20-21,25,27-28,31-33,35,37-38,75-77,82H,5-8,10-12,14-15,17-19,22-24,26,29-30,34,36,39-74H2,1-4H3,(H,87,88)(H,89,90)/b13-9-,20-16-,25-21-,31-27-,32-28-,35-33-,38-37-. The lowest BCUT2D eigenvalue weighted by Gasteiger charge is -2.21. The maximum atomic E-state index is 13.1. The van der Waals surface area contributed by atoms with Gasteiger partial charge in [-0.1, -0.05) is 293 Å². The minimum Gasteiger partial charge on any atom is -0.462 e. The van der Waals surface area contributed by atoms with Crippen LogP contribution in [0.5, 0.6) is 0 Å². The van der Waals surface area contributed by atoms with Crippen molar-refractivity contribution >= 4 is 39.5 Å². The molecule has 0 amide bonds. The average molecular weight is 1450 g/mol. The Labute approximate surface area is 608 Å². The number of aliphatic hydroxyl groups excluding tert-OH is 1. The largest absolute Gasteiger partial charge is 0.472 e. The molecule has 0 saturated carbocycles. The molecule has 0 rings (SSSR count).